The molecule has 0 bridgehead atoms. The van der Waals surface area contributed by atoms with Crippen LogP contribution in [0, 0.1) is 6.92 Å². The average molecular weight is 335 g/mol. The Kier molecular flexibility index (Phi) is 5.64. The van der Waals surface area contributed by atoms with Crippen LogP contribution in [0.15, 0.2) is 60.8 Å². The van der Waals surface area contributed by atoms with Crippen molar-refractivity contribution in [2.45, 2.75) is 32.9 Å². The van der Waals surface area contributed by atoms with E-state index in [4.69, 9.17) is 0 Å². The van der Waals surface area contributed by atoms with Crippen LogP contribution in [0.3, 0.4) is 0 Å². The number of aliphatic hydroxyl groups is 1. The summed E-state index contributed by atoms with van der Waals surface area (Å²) in [5.74, 6) is 0. The van der Waals surface area contributed by atoms with Crippen LogP contribution in [0.25, 0.3) is 5.69 Å². The summed E-state index contributed by atoms with van der Waals surface area (Å²) in [4.78, 5) is 0. The average Bonchev–Trinajstić information content (AvgIpc) is 3.04. The maximum Gasteiger partial charge on any atom is 0.0645 e. The van der Waals surface area contributed by atoms with Gasteiger partial charge < -0.3 is 10.4 Å². The van der Waals surface area contributed by atoms with Crippen LogP contribution in [-0.4, -0.2) is 21.5 Å². The van der Waals surface area contributed by atoms with Gasteiger partial charge in [0.05, 0.1) is 24.0 Å². The molecule has 0 amide bonds. The fourth-order valence-electron chi connectivity index (χ4n) is 2.89. The summed E-state index contributed by atoms with van der Waals surface area (Å²) < 4.78 is 1.90. The van der Waals surface area contributed by atoms with Crippen molar-refractivity contribution < 1.29 is 5.11 Å². The van der Waals surface area contributed by atoms with E-state index in [-0.39, 0.29) is 12.6 Å². The number of benzene rings is 2. The summed E-state index contributed by atoms with van der Waals surface area (Å²) in [6, 6.07) is 18.4. The first-order chi connectivity index (χ1) is 12.2. The number of nitrogens with zero attached hydrogens (tertiary/aromatic N) is 2. The van der Waals surface area contributed by atoms with Crippen LogP contribution >= 0.6 is 0 Å². The summed E-state index contributed by atoms with van der Waals surface area (Å²) in [7, 11) is 0. The second kappa shape index (κ2) is 8.10. The van der Waals surface area contributed by atoms with Crippen molar-refractivity contribution in [2.24, 2.45) is 0 Å². The number of aryl methyl sites for hydroxylation is 2. The topological polar surface area (TPSA) is 50.1 Å². The maximum atomic E-state index is 9.75. The molecule has 0 saturated heterocycles. The lowest BCUT2D eigenvalue weighted by Gasteiger charge is -2.17. The molecule has 0 aliphatic carbocycles. The van der Waals surface area contributed by atoms with Crippen LogP contribution in [-0.2, 0) is 13.0 Å². The molecule has 1 atom stereocenters. The lowest BCUT2D eigenvalue weighted by atomic mass is 10.0. The Labute approximate surface area is 149 Å². The van der Waals surface area contributed by atoms with Crippen molar-refractivity contribution in [3.05, 3.63) is 83.2 Å². The Balaban J connectivity index is 1.70. The highest BCUT2D eigenvalue weighted by atomic mass is 16.3. The van der Waals surface area contributed by atoms with Crippen LogP contribution in [0.1, 0.15) is 35.3 Å². The molecule has 25 heavy (non-hydrogen) atoms. The van der Waals surface area contributed by atoms with Crippen LogP contribution in [0.2, 0.25) is 0 Å². The minimum atomic E-state index is -0.0784. The highest BCUT2D eigenvalue weighted by molar-refractivity contribution is 5.32. The van der Waals surface area contributed by atoms with E-state index >= 15 is 0 Å². The molecule has 3 aromatic rings. The lowest BCUT2D eigenvalue weighted by molar-refractivity contribution is 0.243. The zero-order chi connectivity index (χ0) is 17.6. The molecule has 0 aliphatic heterocycles. The number of aliphatic hydroxyl groups excluding tert-OH is 1. The van der Waals surface area contributed by atoms with Gasteiger partial charge in [-0.1, -0.05) is 49.4 Å². The molecule has 4 heteroatoms. The van der Waals surface area contributed by atoms with Crippen molar-refractivity contribution in [2.75, 3.05) is 6.61 Å². The Bertz CT molecular complexity index is 794. The standard InChI is InChI=1S/C21H25N3O/c1-3-17-9-11-18(12-10-17)21(15-25)22-13-19-14-24(23-16(19)2)20-7-5-4-6-8-20/h4-12,14,21-22,25H,3,13,15H2,1-2H3. The second-order valence-electron chi connectivity index (χ2n) is 6.23. The smallest absolute Gasteiger partial charge is 0.0645 e. The van der Waals surface area contributed by atoms with E-state index in [1.807, 2.05) is 48.1 Å². The third kappa shape index (κ3) is 4.16. The van der Waals surface area contributed by atoms with Gasteiger partial charge in [-0.05, 0) is 36.6 Å². The number of para-hydroxylation sites is 1. The van der Waals surface area contributed by atoms with Crippen LogP contribution in [0.5, 0.6) is 0 Å². The van der Waals surface area contributed by atoms with E-state index < -0.39 is 0 Å². The van der Waals surface area contributed by atoms with Gasteiger partial charge >= 0.3 is 0 Å². The fraction of sp³-hybridized carbons (Fsp3) is 0.286. The monoisotopic (exact) mass is 335 g/mol. The van der Waals surface area contributed by atoms with E-state index in [2.05, 4.69) is 41.6 Å². The van der Waals surface area contributed by atoms with E-state index in [0.29, 0.717) is 6.54 Å². The van der Waals surface area contributed by atoms with Gasteiger partial charge in [0, 0.05) is 18.3 Å². The zero-order valence-corrected chi connectivity index (χ0v) is 14.8. The van der Waals surface area contributed by atoms with E-state index in [1.54, 1.807) is 0 Å². The Morgan fingerprint density at radius 1 is 1.08 bits per heavy atom. The third-order valence-corrected chi connectivity index (χ3v) is 4.53. The largest absolute Gasteiger partial charge is 0.394 e. The molecule has 2 aromatic carbocycles. The zero-order valence-electron chi connectivity index (χ0n) is 14.8. The predicted octanol–water partition coefficient (Wildman–Crippen LogP) is 3.57. The van der Waals surface area contributed by atoms with E-state index in [0.717, 1.165) is 28.9 Å². The van der Waals surface area contributed by atoms with Crippen molar-refractivity contribution in [3.8, 4) is 5.69 Å². The summed E-state index contributed by atoms with van der Waals surface area (Å²) in [6.07, 6.45) is 3.07. The summed E-state index contributed by atoms with van der Waals surface area (Å²) in [6.45, 7) is 4.89. The van der Waals surface area contributed by atoms with E-state index in [9.17, 15) is 5.11 Å². The molecule has 0 radical (unpaired) electrons. The van der Waals surface area contributed by atoms with Crippen LogP contribution < -0.4 is 5.32 Å². The normalized spacial score (nSPS) is 12.3. The molecule has 0 fully saturated rings. The Hall–Kier alpha value is -2.43. The molecule has 1 heterocycles. The van der Waals surface area contributed by atoms with Gasteiger partial charge in [-0.15, -0.1) is 0 Å². The highest BCUT2D eigenvalue weighted by Crippen LogP contribution is 2.17. The summed E-state index contributed by atoms with van der Waals surface area (Å²) in [5.41, 5.74) is 5.58. The van der Waals surface area contributed by atoms with Crippen molar-refractivity contribution in [1.82, 2.24) is 15.1 Å². The van der Waals surface area contributed by atoms with Gasteiger partial charge in [0.15, 0.2) is 0 Å². The predicted molar refractivity (Wildman–Crippen MR) is 101 cm³/mol. The molecule has 3 rings (SSSR count). The van der Waals surface area contributed by atoms with Gasteiger partial charge in [-0.3, -0.25) is 0 Å². The van der Waals surface area contributed by atoms with Gasteiger partial charge in [-0.25, -0.2) is 4.68 Å². The molecule has 0 saturated carbocycles. The Morgan fingerprint density at radius 3 is 2.44 bits per heavy atom. The Morgan fingerprint density at radius 2 is 1.80 bits per heavy atom. The highest BCUT2D eigenvalue weighted by Gasteiger charge is 2.12. The molecular weight excluding hydrogens is 310 g/mol. The van der Waals surface area contributed by atoms with Crippen LogP contribution in [0.4, 0.5) is 0 Å². The molecular formula is C21H25N3O. The molecule has 130 valence electrons. The maximum absolute atomic E-state index is 9.75. The molecule has 2 N–H and O–H groups in total. The van der Waals surface area contributed by atoms with Crippen molar-refractivity contribution in [1.29, 1.82) is 0 Å². The third-order valence-electron chi connectivity index (χ3n) is 4.53. The SMILES string of the molecule is CCc1ccc(C(CO)NCc2cn(-c3ccccc3)nc2C)cc1. The second-order valence-corrected chi connectivity index (χ2v) is 6.23. The van der Waals surface area contributed by atoms with Gasteiger partial charge in [0.25, 0.3) is 0 Å². The van der Waals surface area contributed by atoms with Gasteiger partial charge in [0.2, 0.25) is 0 Å². The molecule has 0 spiro atoms. The van der Waals surface area contributed by atoms with Crippen molar-refractivity contribution >= 4 is 0 Å². The first-order valence-corrected chi connectivity index (χ1v) is 8.75. The minimum absolute atomic E-state index is 0.0668. The summed E-state index contributed by atoms with van der Waals surface area (Å²) >= 11 is 0. The quantitative estimate of drug-likeness (QED) is 0.694. The first-order valence-electron chi connectivity index (χ1n) is 8.75. The number of rotatable bonds is 7. The number of hydrogen-bond acceptors (Lipinski definition) is 3. The fourth-order valence-corrected chi connectivity index (χ4v) is 2.89. The molecule has 0 aliphatic rings. The van der Waals surface area contributed by atoms with Gasteiger partial charge in [0.1, 0.15) is 0 Å². The van der Waals surface area contributed by atoms with Crippen molar-refractivity contribution in [3.63, 3.8) is 0 Å². The minimum Gasteiger partial charge on any atom is -0.394 e. The number of hydrogen-bond donors (Lipinski definition) is 2. The van der Waals surface area contributed by atoms with Gasteiger partial charge in [-0.2, -0.15) is 5.10 Å². The molecule has 1 aromatic heterocycles. The number of nitrogens with one attached hydrogen (secondary N) is 1. The lowest BCUT2D eigenvalue weighted by Crippen LogP contribution is -2.24. The molecule has 4 nitrogen and oxygen atoms in total. The van der Waals surface area contributed by atoms with E-state index in [1.165, 1.54) is 5.56 Å². The molecule has 1 unspecified atom stereocenters. The number of aromatic nitrogens is 2. The first kappa shape index (κ1) is 17.4. The summed E-state index contributed by atoms with van der Waals surface area (Å²) in [5, 5.41) is 17.8.